The Bertz CT molecular complexity index is 884. The summed E-state index contributed by atoms with van der Waals surface area (Å²) in [5.41, 5.74) is 6.10. The van der Waals surface area contributed by atoms with Crippen molar-refractivity contribution in [2.45, 2.75) is 6.54 Å². The minimum atomic E-state index is 0.839. The summed E-state index contributed by atoms with van der Waals surface area (Å²) in [5, 5.41) is 0. The number of anilines is 1. The van der Waals surface area contributed by atoms with Crippen molar-refractivity contribution in [2.75, 3.05) is 11.4 Å². The van der Waals surface area contributed by atoms with E-state index in [1.165, 1.54) is 22.4 Å². The molecule has 0 saturated heterocycles. The summed E-state index contributed by atoms with van der Waals surface area (Å²) in [4.78, 5) is 6.88. The number of hydrogen-bond donors (Lipinski definition) is 0. The molecule has 0 fully saturated rings. The maximum Gasteiger partial charge on any atom is 0.0860 e. The molecular weight excluding hydrogens is 360 g/mol. The summed E-state index contributed by atoms with van der Waals surface area (Å²) < 4.78 is 1.10. The Hall–Kier alpha value is -2.39. The molecule has 0 aliphatic carbocycles. The third-order valence-corrected chi connectivity index (χ3v) is 4.82. The third kappa shape index (κ3) is 3.00. The van der Waals surface area contributed by atoms with Crippen molar-refractivity contribution in [3.63, 3.8) is 0 Å². The molecule has 0 saturated carbocycles. The minimum Gasteiger partial charge on any atom is -0.360 e. The number of halogens is 1. The first-order valence-corrected chi connectivity index (χ1v) is 8.81. The molecule has 24 heavy (non-hydrogen) atoms. The van der Waals surface area contributed by atoms with Gasteiger partial charge in [0.15, 0.2) is 0 Å². The van der Waals surface area contributed by atoms with Crippen molar-refractivity contribution in [3.05, 3.63) is 82.8 Å². The largest absolute Gasteiger partial charge is 0.360 e. The molecular formula is C21H17BrN2. The van der Waals surface area contributed by atoms with Crippen LogP contribution in [0.1, 0.15) is 5.56 Å². The molecule has 0 bridgehead atoms. The molecule has 0 radical (unpaired) electrons. The van der Waals surface area contributed by atoms with Crippen LogP contribution in [0, 0.1) is 0 Å². The van der Waals surface area contributed by atoms with Crippen LogP contribution in [-0.2, 0) is 6.54 Å². The van der Waals surface area contributed by atoms with Crippen LogP contribution >= 0.6 is 15.9 Å². The lowest BCUT2D eigenvalue weighted by Crippen LogP contribution is -2.27. The number of hydrogen-bond acceptors (Lipinski definition) is 2. The van der Waals surface area contributed by atoms with Crippen molar-refractivity contribution in [1.29, 1.82) is 0 Å². The topological polar surface area (TPSA) is 15.6 Å². The summed E-state index contributed by atoms with van der Waals surface area (Å²) in [6, 6.07) is 25.5. The number of rotatable bonds is 3. The van der Waals surface area contributed by atoms with Crippen LogP contribution in [0.4, 0.5) is 11.4 Å². The first-order chi connectivity index (χ1) is 11.8. The smallest absolute Gasteiger partial charge is 0.0860 e. The maximum absolute atomic E-state index is 4.50. The van der Waals surface area contributed by atoms with Crippen LogP contribution in [0.5, 0.6) is 0 Å². The predicted molar refractivity (Wildman–Crippen MR) is 105 cm³/mol. The van der Waals surface area contributed by atoms with Crippen LogP contribution in [-0.4, -0.2) is 12.8 Å². The normalized spacial score (nSPS) is 13.0. The maximum atomic E-state index is 4.50. The Labute approximate surface area is 150 Å². The average molecular weight is 377 g/mol. The second-order valence-electron chi connectivity index (χ2n) is 5.84. The summed E-state index contributed by atoms with van der Waals surface area (Å²) in [7, 11) is 0. The van der Waals surface area contributed by atoms with Gasteiger partial charge in [-0.05, 0) is 41.0 Å². The third-order valence-electron chi connectivity index (χ3n) is 4.29. The van der Waals surface area contributed by atoms with Gasteiger partial charge in [-0.1, -0.05) is 64.5 Å². The Balaban J connectivity index is 1.69. The van der Waals surface area contributed by atoms with Gasteiger partial charge in [-0.25, -0.2) is 0 Å². The van der Waals surface area contributed by atoms with E-state index in [0.29, 0.717) is 0 Å². The SMILES string of the molecule is Brc1ccc(-c2ccccc2CN2CC=Nc3ccccc32)cc1. The van der Waals surface area contributed by atoms with E-state index in [0.717, 1.165) is 23.2 Å². The molecule has 0 spiro atoms. The van der Waals surface area contributed by atoms with Crippen molar-refractivity contribution >= 4 is 33.5 Å². The molecule has 3 aromatic rings. The van der Waals surface area contributed by atoms with Crippen LogP contribution in [0.2, 0.25) is 0 Å². The molecule has 1 heterocycles. The van der Waals surface area contributed by atoms with E-state index in [1.54, 1.807) is 0 Å². The molecule has 1 aliphatic rings. The second-order valence-corrected chi connectivity index (χ2v) is 6.76. The lowest BCUT2D eigenvalue weighted by Gasteiger charge is -2.28. The molecule has 0 amide bonds. The quantitative estimate of drug-likeness (QED) is 0.560. The van der Waals surface area contributed by atoms with Gasteiger partial charge >= 0.3 is 0 Å². The Morgan fingerprint density at radius 3 is 2.50 bits per heavy atom. The van der Waals surface area contributed by atoms with E-state index in [9.17, 15) is 0 Å². The molecule has 0 aromatic heterocycles. The molecule has 2 nitrogen and oxygen atoms in total. The van der Waals surface area contributed by atoms with Gasteiger partial charge in [0.25, 0.3) is 0 Å². The number of para-hydroxylation sites is 2. The Morgan fingerprint density at radius 1 is 0.875 bits per heavy atom. The first-order valence-electron chi connectivity index (χ1n) is 8.01. The van der Waals surface area contributed by atoms with Crippen molar-refractivity contribution < 1.29 is 0 Å². The zero-order valence-electron chi connectivity index (χ0n) is 13.2. The van der Waals surface area contributed by atoms with Gasteiger partial charge in [0, 0.05) is 17.2 Å². The molecule has 3 heteroatoms. The van der Waals surface area contributed by atoms with Gasteiger partial charge in [-0.15, -0.1) is 0 Å². The number of fused-ring (bicyclic) bond motifs is 1. The van der Waals surface area contributed by atoms with Crippen LogP contribution < -0.4 is 4.90 Å². The highest BCUT2D eigenvalue weighted by Gasteiger charge is 2.15. The number of nitrogens with zero attached hydrogens (tertiary/aromatic N) is 2. The fourth-order valence-electron chi connectivity index (χ4n) is 3.10. The highest BCUT2D eigenvalue weighted by molar-refractivity contribution is 9.10. The van der Waals surface area contributed by atoms with Gasteiger partial charge < -0.3 is 4.90 Å². The van der Waals surface area contributed by atoms with Crippen molar-refractivity contribution in [3.8, 4) is 11.1 Å². The fraction of sp³-hybridized carbons (Fsp3) is 0.0952. The molecule has 0 N–H and O–H groups in total. The van der Waals surface area contributed by atoms with Crippen LogP contribution in [0.25, 0.3) is 11.1 Å². The standard InChI is InChI=1S/C21H17BrN2/c22-18-11-9-16(10-12-18)19-6-2-1-5-17(19)15-24-14-13-23-20-7-3-4-8-21(20)24/h1-13H,14-15H2. The van der Waals surface area contributed by atoms with Gasteiger partial charge in [0.1, 0.15) is 0 Å². The van der Waals surface area contributed by atoms with E-state index in [2.05, 4.69) is 92.6 Å². The predicted octanol–water partition coefficient (Wildman–Crippen LogP) is 5.84. The van der Waals surface area contributed by atoms with Gasteiger partial charge in [-0.3, -0.25) is 4.99 Å². The molecule has 1 aliphatic heterocycles. The van der Waals surface area contributed by atoms with E-state index >= 15 is 0 Å². The summed E-state index contributed by atoms with van der Waals surface area (Å²) in [6.07, 6.45) is 1.99. The van der Waals surface area contributed by atoms with E-state index < -0.39 is 0 Å². The average Bonchev–Trinajstić information content (AvgIpc) is 2.63. The molecule has 3 aromatic carbocycles. The van der Waals surface area contributed by atoms with Crippen molar-refractivity contribution in [1.82, 2.24) is 0 Å². The number of benzene rings is 3. The lowest BCUT2D eigenvalue weighted by molar-refractivity contribution is 0.882. The van der Waals surface area contributed by atoms with Gasteiger partial charge in [0.2, 0.25) is 0 Å². The molecule has 0 atom stereocenters. The van der Waals surface area contributed by atoms with Crippen LogP contribution in [0.3, 0.4) is 0 Å². The molecule has 118 valence electrons. The zero-order chi connectivity index (χ0) is 16.4. The summed E-state index contributed by atoms with van der Waals surface area (Å²) >= 11 is 3.51. The Morgan fingerprint density at radius 2 is 1.62 bits per heavy atom. The van der Waals surface area contributed by atoms with Crippen molar-refractivity contribution in [2.24, 2.45) is 4.99 Å². The van der Waals surface area contributed by atoms with Gasteiger partial charge in [-0.2, -0.15) is 0 Å². The summed E-state index contributed by atoms with van der Waals surface area (Å²) in [5.74, 6) is 0. The van der Waals surface area contributed by atoms with Crippen LogP contribution in [0.15, 0.2) is 82.3 Å². The second kappa shape index (κ2) is 6.62. The Kier molecular flexibility index (Phi) is 4.18. The van der Waals surface area contributed by atoms with Gasteiger partial charge in [0.05, 0.1) is 17.9 Å². The zero-order valence-corrected chi connectivity index (χ0v) is 14.8. The van der Waals surface area contributed by atoms with E-state index in [4.69, 9.17) is 0 Å². The lowest BCUT2D eigenvalue weighted by atomic mass is 9.99. The number of aliphatic imine (C=N–C) groups is 1. The monoisotopic (exact) mass is 376 g/mol. The molecule has 0 unspecified atom stereocenters. The fourth-order valence-corrected chi connectivity index (χ4v) is 3.37. The van der Waals surface area contributed by atoms with E-state index in [-0.39, 0.29) is 0 Å². The minimum absolute atomic E-state index is 0.839. The molecule has 4 rings (SSSR count). The first kappa shape index (κ1) is 15.2. The highest BCUT2D eigenvalue weighted by Crippen LogP contribution is 2.33. The summed E-state index contributed by atoms with van der Waals surface area (Å²) in [6.45, 7) is 1.71. The highest BCUT2D eigenvalue weighted by atomic mass is 79.9. The van der Waals surface area contributed by atoms with E-state index in [1.807, 2.05) is 12.3 Å².